The van der Waals surface area contributed by atoms with Gasteiger partial charge in [0.2, 0.25) is 10.0 Å². The highest BCUT2D eigenvalue weighted by atomic mass is 32.2. The van der Waals surface area contributed by atoms with E-state index in [1.807, 2.05) is 30.3 Å². The molecule has 0 aliphatic rings. The number of thiazole rings is 1. The van der Waals surface area contributed by atoms with Gasteiger partial charge < -0.3 is 0 Å². The van der Waals surface area contributed by atoms with Gasteiger partial charge in [0.1, 0.15) is 10.8 Å². The molecular formula is C18H17FN2O2S2. The molecule has 1 N–H and O–H groups in total. The number of nitrogens with zero attached hydrogens (tertiary/aromatic N) is 1. The first-order chi connectivity index (χ1) is 12.0. The first-order valence-electron chi connectivity index (χ1n) is 7.69. The molecule has 0 aliphatic carbocycles. The van der Waals surface area contributed by atoms with Crippen LogP contribution < -0.4 is 4.72 Å². The SMILES string of the molecule is O=S(=O)(Cc1ccc(F)cc1)NCc1ncc(Cc2ccccc2)s1. The van der Waals surface area contributed by atoms with Crippen LogP contribution in [0.2, 0.25) is 0 Å². The van der Waals surface area contributed by atoms with Gasteiger partial charge in [-0.1, -0.05) is 42.5 Å². The molecule has 0 amide bonds. The highest BCUT2D eigenvalue weighted by Crippen LogP contribution is 2.17. The zero-order valence-corrected chi connectivity index (χ0v) is 15.0. The van der Waals surface area contributed by atoms with Gasteiger partial charge in [-0.15, -0.1) is 11.3 Å². The number of sulfonamides is 1. The van der Waals surface area contributed by atoms with Gasteiger partial charge in [0.15, 0.2) is 0 Å². The van der Waals surface area contributed by atoms with Crippen molar-refractivity contribution in [2.75, 3.05) is 0 Å². The molecule has 0 unspecified atom stereocenters. The second-order valence-corrected chi connectivity index (χ2v) is 8.60. The molecule has 4 nitrogen and oxygen atoms in total. The molecule has 130 valence electrons. The molecular weight excluding hydrogens is 359 g/mol. The maximum atomic E-state index is 12.9. The molecule has 2 aromatic carbocycles. The van der Waals surface area contributed by atoms with Crippen LogP contribution in [0, 0.1) is 5.82 Å². The third-order valence-electron chi connectivity index (χ3n) is 3.54. The van der Waals surface area contributed by atoms with Crippen LogP contribution in [0.5, 0.6) is 0 Å². The first-order valence-corrected chi connectivity index (χ1v) is 10.2. The molecule has 1 aromatic heterocycles. The molecule has 0 aliphatic heterocycles. The number of aromatic nitrogens is 1. The minimum absolute atomic E-state index is 0.156. The van der Waals surface area contributed by atoms with Crippen LogP contribution >= 0.6 is 11.3 Å². The summed E-state index contributed by atoms with van der Waals surface area (Å²) in [7, 11) is -3.50. The van der Waals surface area contributed by atoms with Crippen molar-refractivity contribution in [2.24, 2.45) is 0 Å². The monoisotopic (exact) mass is 376 g/mol. The van der Waals surface area contributed by atoms with Crippen molar-refractivity contribution in [1.82, 2.24) is 9.71 Å². The number of rotatable bonds is 7. The Morgan fingerprint density at radius 2 is 1.72 bits per heavy atom. The Morgan fingerprint density at radius 3 is 2.44 bits per heavy atom. The summed E-state index contributed by atoms with van der Waals surface area (Å²) in [5.41, 5.74) is 1.73. The van der Waals surface area contributed by atoms with Gasteiger partial charge in [-0.25, -0.2) is 22.5 Å². The average molecular weight is 376 g/mol. The van der Waals surface area contributed by atoms with Gasteiger partial charge in [0.25, 0.3) is 0 Å². The summed E-state index contributed by atoms with van der Waals surface area (Å²) >= 11 is 1.49. The van der Waals surface area contributed by atoms with Crippen molar-refractivity contribution in [3.8, 4) is 0 Å². The van der Waals surface area contributed by atoms with Crippen molar-refractivity contribution in [1.29, 1.82) is 0 Å². The minimum atomic E-state index is -3.50. The maximum Gasteiger partial charge on any atom is 0.216 e. The summed E-state index contributed by atoms with van der Waals surface area (Å²) in [5, 5.41) is 0.716. The molecule has 25 heavy (non-hydrogen) atoms. The van der Waals surface area contributed by atoms with Crippen LogP contribution in [0.4, 0.5) is 4.39 Å². The lowest BCUT2D eigenvalue weighted by Gasteiger charge is -2.05. The molecule has 0 spiro atoms. The van der Waals surface area contributed by atoms with Crippen LogP contribution in [-0.2, 0) is 28.7 Å². The van der Waals surface area contributed by atoms with Gasteiger partial charge in [0.05, 0.1) is 12.3 Å². The topological polar surface area (TPSA) is 59.1 Å². The first kappa shape index (κ1) is 17.7. The standard InChI is InChI=1S/C18H17FN2O2S2/c19-16-8-6-15(7-9-16)13-25(22,23)21-12-18-20-11-17(24-18)10-14-4-2-1-3-5-14/h1-9,11,21H,10,12-13H2. The van der Waals surface area contributed by atoms with Gasteiger partial charge in [-0.3, -0.25) is 0 Å². The predicted octanol–water partition coefficient (Wildman–Crippen LogP) is 3.49. The maximum absolute atomic E-state index is 12.9. The summed E-state index contributed by atoms with van der Waals surface area (Å²) in [4.78, 5) is 5.36. The summed E-state index contributed by atoms with van der Waals surface area (Å²) in [5.74, 6) is -0.571. The number of hydrogen-bond donors (Lipinski definition) is 1. The lowest BCUT2D eigenvalue weighted by molar-refractivity contribution is 0.580. The molecule has 0 saturated heterocycles. The molecule has 1 heterocycles. The Hall–Kier alpha value is -2.09. The van der Waals surface area contributed by atoms with E-state index in [0.29, 0.717) is 10.6 Å². The molecule has 0 atom stereocenters. The van der Waals surface area contributed by atoms with Crippen LogP contribution in [-0.4, -0.2) is 13.4 Å². The van der Waals surface area contributed by atoms with Crippen LogP contribution in [0.15, 0.2) is 60.8 Å². The van der Waals surface area contributed by atoms with Gasteiger partial charge in [-0.2, -0.15) is 0 Å². The molecule has 0 saturated carbocycles. The predicted molar refractivity (Wildman–Crippen MR) is 97.2 cm³/mol. The molecule has 0 fully saturated rings. The Balaban J connectivity index is 1.56. The fourth-order valence-corrected chi connectivity index (χ4v) is 4.41. The van der Waals surface area contributed by atoms with E-state index in [4.69, 9.17) is 0 Å². The fraction of sp³-hybridized carbons (Fsp3) is 0.167. The normalized spacial score (nSPS) is 11.6. The largest absolute Gasteiger partial charge is 0.248 e. The molecule has 0 bridgehead atoms. The van der Waals surface area contributed by atoms with Crippen molar-refractivity contribution < 1.29 is 12.8 Å². The van der Waals surface area contributed by atoms with Crippen LogP contribution in [0.3, 0.4) is 0 Å². The summed E-state index contributed by atoms with van der Waals surface area (Å²) in [6, 6.07) is 15.5. The second-order valence-electron chi connectivity index (χ2n) is 5.59. The van der Waals surface area contributed by atoms with Gasteiger partial charge in [-0.05, 0) is 23.3 Å². The highest BCUT2D eigenvalue weighted by molar-refractivity contribution is 7.88. The van der Waals surface area contributed by atoms with E-state index in [1.54, 1.807) is 6.20 Å². The lowest BCUT2D eigenvalue weighted by Crippen LogP contribution is -2.24. The van der Waals surface area contributed by atoms with Gasteiger partial charge in [0, 0.05) is 17.5 Å². The summed E-state index contributed by atoms with van der Waals surface area (Å²) in [6.45, 7) is 0.156. The Kier molecular flexibility index (Phi) is 5.57. The van der Waals surface area contributed by atoms with E-state index in [1.165, 1.54) is 41.2 Å². The zero-order chi connectivity index (χ0) is 17.7. The van der Waals surface area contributed by atoms with Gasteiger partial charge >= 0.3 is 0 Å². The minimum Gasteiger partial charge on any atom is -0.248 e. The quantitative estimate of drug-likeness (QED) is 0.687. The van der Waals surface area contributed by atoms with Crippen molar-refractivity contribution in [3.05, 3.63) is 87.6 Å². The van der Waals surface area contributed by atoms with E-state index >= 15 is 0 Å². The molecule has 3 rings (SSSR count). The van der Waals surface area contributed by atoms with E-state index < -0.39 is 10.0 Å². The number of halogens is 1. The number of benzene rings is 2. The smallest absolute Gasteiger partial charge is 0.216 e. The van der Waals surface area contributed by atoms with E-state index in [9.17, 15) is 12.8 Å². The Bertz CT molecular complexity index is 923. The summed E-state index contributed by atoms with van der Waals surface area (Å²) < 4.78 is 39.7. The molecule has 7 heteroatoms. The molecule has 3 aromatic rings. The van der Waals surface area contributed by atoms with Crippen LogP contribution in [0.1, 0.15) is 21.0 Å². The Morgan fingerprint density at radius 1 is 1.00 bits per heavy atom. The van der Waals surface area contributed by atoms with E-state index in [-0.39, 0.29) is 18.1 Å². The van der Waals surface area contributed by atoms with E-state index in [0.717, 1.165) is 11.3 Å². The number of hydrogen-bond acceptors (Lipinski definition) is 4. The van der Waals surface area contributed by atoms with E-state index in [2.05, 4.69) is 9.71 Å². The molecule has 0 radical (unpaired) electrons. The highest BCUT2D eigenvalue weighted by Gasteiger charge is 2.13. The lowest BCUT2D eigenvalue weighted by atomic mass is 10.1. The third kappa shape index (κ3) is 5.45. The Labute approximate surface area is 150 Å². The van der Waals surface area contributed by atoms with Crippen LogP contribution in [0.25, 0.3) is 0 Å². The van der Waals surface area contributed by atoms with Crippen molar-refractivity contribution >= 4 is 21.4 Å². The second kappa shape index (κ2) is 7.86. The summed E-state index contributed by atoms with van der Waals surface area (Å²) in [6.07, 6.45) is 2.56. The number of nitrogens with one attached hydrogen (secondary N) is 1. The van der Waals surface area contributed by atoms with Crippen molar-refractivity contribution in [3.63, 3.8) is 0 Å². The fourth-order valence-electron chi connectivity index (χ4n) is 2.33. The van der Waals surface area contributed by atoms with Crippen molar-refractivity contribution in [2.45, 2.75) is 18.7 Å². The third-order valence-corrected chi connectivity index (χ3v) is 5.83. The zero-order valence-electron chi connectivity index (χ0n) is 13.4. The average Bonchev–Trinajstić information content (AvgIpc) is 3.04.